The molecule has 0 spiro atoms. The third-order valence-electron chi connectivity index (χ3n) is 2.94. The molecule has 3 N–H and O–H groups in total. The molecule has 1 aliphatic heterocycles. The van der Waals surface area contributed by atoms with Gasteiger partial charge in [0.25, 0.3) is 0 Å². The van der Waals surface area contributed by atoms with Crippen molar-refractivity contribution in [1.29, 1.82) is 0 Å². The Morgan fingerprint density at radius 3 is 2.79 bits per heavy atom. The van der Waals surface area contributed by atoms with Gasteiger partial charge in [0.15, 0.2) is 0 Å². The molecule has 0 aliphatic carbocycles. The second kappa shape index (κ2) is 5.13. The van der Waals surface area contributed by atoms with Crippen LogP contribution in [0.5, 0.6) is 0 Å². The fraction of sp³-hybridized carbons (Fsp3) is 0.500. The molecule has 0 bridgehead atoms. The van der Waals surface area contributed by atoms with Crippen LogP contribution in [-0.2, 0) is 6.54 Å². The molecule has 14 heavy (non-hydrogen) atoms. The Morgan fingerprint density at radius 2 is 1.93 bits per heavy atom. The standard InChI is InChI=1S/C12H18N2/c1-2-5-12(6-3-1)11-14-9-4-7-13-8-10-14/h1-3,5-6,13H,4,7-11H2/p+2. The molecule has 1 fully saturated rings. The number of rotatable bonds is 2. The highest BCUT2D eigenvalue weighted by molar-refractivity contribution is 5.13. The van der Waals surface area contributed by atoms with Gasteiger partial charge in [0.05, 0.1) is 13.1 Å². The van der Waals surface area contributed by atoms with E-state index >= 15 is 0 Å². The van der Waals surface area contributed by atoms with Crippen molar-refractivity contribution in [3.05, 3.63) is 35.9 Å². The molecule has 2 heteroatoms. The van der Waals surface area contributed by atoms with E-state index in [4.69, 9.17) is 0 Å². The van der Waals surface area contributed by atoms with Crippen molar-refractivity contribution in [1.82, 2.24) is 0 Å². The predicted molar refractivity (Wildman–Crippen MR) is 57.1 cm³/mol. The molecule has 0 aromatic heterocycles. The summed E-state index contributed by atoms with van der Waals surface area (Å²) in [6, 6.07) is 10.8. The molecule has 1 unspecified atom stereocenters. The second-order valence-electron chi connectivity index (χ2n) is 4.13. The minimum atomic E-state index is 1.20. The lowest BCUT2D eigenvalue weighted by Gasteiger charge is -2.15. The fourth-order valence-electron chi connectivity index (χ4n) is 2.13. The third kappa shape index (κ3) is 2.82. The predicted octanol–water partition coefficient (Wildman–Crippen LogP) is -0.961. The third-order valence-corrected chi connectivity index (χ3v) is 2.94. The largest absolute Gasteiger partial charge is 0.341 e. The zero-order chi connectivity index (χ0) is 9.64. The Balaban J connectivity index is 1.90. The fourth-order valence-corrected chi connectivity index (χ4v) is 2.13. The van der Waals surface area contributed by atoms with Gasteiger partial charge in [-0.05, 0) is 0 Å². The highest BCUT2D eigenvalue weighted by atomic mass is 15.1. The van der Waals surface area contributed by atoms with Crippen LogP contribution in [0.2, 0.25) is 0 Å². The van der Waals surface area contributed by atoms with Gasteiger partial charge in [0.1, 0.15) is 19.6 Å². The molecule has 1 saturated heterocycles. The van der Waals surface area contributed by atoms with Crippen LogP contribution < -0.4 is 10.2 Å². The van der Waals surface area contributed by atoms with Crippen LogP contribution in [0.25, 0.3) is 0 Å². The molecule has 76 valence electrons. The Kier molecular flexibility index (Phi) is 3.55. The van der Waals surface area contributed by atoms with E-state index in [1.807, 2.05) is 0 Å². The van der Waals surface area contributed by atoms with E-state index in [-0.39, 0.29) is 0 Å². The molecular weight excluding hydrogens is 172 g/mol. The molecule has 1 aliphatic rings. The molecule has 1 aromatic rings. The van der Waals surface area contributed by atoms with E-state index < -0.39 is 0 Å². The molecule has 2 rings (SSSR count). The first-order valence-corrected chi connectivity index (χ1v) is 5.64. The maximum atomic E-state index is 2.44. The van der Waals surface area contributed by atoms with Crippen molar-refractivity contribution in [3.63, 3.8) is 0 Å². The summed E-state index contributed by atoms with van der Waals surface area (Å²) in [4.78, 5) is 1.74. The van der Waals surface area contributed by atoms with Crippen LogP contribution >= 0.6 is 0 Å². The van der Waals surface area contributed by atoms with Crippen LogP contribution in [-0.4, -0.2) is 26.2 Å². The van der Waals surface area contributed by atoms with Gasteiger partial charge >= 0.3 is 0 Å². The van der Waals surface area contributed by atoms with Crippen LogP contribution in [0.3, 0.4) is 0 Å². The van der Waals surface area contributed by atoms with E-state index in [9.17, 15) is 0 Å². The summed E-state index contributed by atoms with van der Waals surface area (Å²) < 4.78 is 0. The van der Waals surface area contributed by atoms with Crippen molar-refractivity contribution < 1.29 is 10.2 Å². The van der Waals surface area contributed by atoms with E-state index in [2.05, 4.69) is 35.6 Å². The van der Waals surface area contributed by atoms with Crippen LogP contribution in [0.4, 0.5) is 0 Å². The van der Waals surface area contributed by atoms with Gasteiger partial charge in [0.2, 0.25) is 0 Å². The normalized spacial score (nSPS) is 23.0. The zero-order valence-electron chi connectivity index (χ0n) is 8.71. The van der Waals surface area contributed by atoms with Crippen LogP contribution in [0, 0.1) is 0 Å². The first kappa shape index (κ1) is 9.69. The maximum absolute atomic E-state index is 2.44. The lowest BCUT2D eigenvalue weighted by molar-refractivity contribution is -0.917. The Bertz CT molecular complexity index is 250. The first-order chi connectivity index (χ1) is 6.95. The summed E-state index contributed by atoms with van der Waals surface area (Å²) in [6.45, 7) is 6.47. The number of nitrogens with two attached hydrogens (primary N) is 1. The van der Waals surface area contributed by atoms with Crippen molar-refractivity contribution >= 4 is 0 Å². The number of quaternary nitrogens is 2. The highest BCUT2D eigenvalue weighted by Gasteiger charge is 2.13. The van der Waals surface area contributed by atoms with E-state index in [0.29, 0.717) is 0 Å². The summed E-state index contributed by atoms with van der Waals surface area (Å²) in [7, 11) is 0. The van der Waals surface area contributed by atoms with Crippen molar-refractivity contribution in [2.24, 2.45) is 0 Å². The topological polar surface area (TPSA) is 21.1 Å². The number of hydrogen-bond donors (Lipinski definition) is 2. The molecule has 2 nitrogen and oxygen atoms in total. The second-order valence-corrected chi connectivity index (χ2v) is 4.13. The minimum Gasteiger partial charge on any atom is -0.341 e. The van der Waals surface area contributed by atoms with Gasteiger partial charge in [-0.2, -0.15) is 0 Å². The van der Waals surface area contributed by atoms with Gasteiger partial charge in [0, 0.05) is 12.0 Å². The van der Waals surface area contributed by atoms with Crippen molar-refractivity contribution in [3.8, 4) is 0 Å². The summed E-state index contributed by atoms with van der Waals surface area (Å²) in [5.41, 5.74) is 1.48. The van der Waals surface area contributed by atoms with Crippen LogP contribution in [0.15, 0.2) is 30.3 Å². The molecule has 0 amide bonds. The van der Waals surface area contributed by atoms with Crippen molar-refractivity contribution in [2.75, 3.05) is 26.2 Å². The Morgan fingerprint density at radius 1 is 1.07 bits per heavy atom. The van der Waals surface area contributed by atoms with E-state index in [1.165, 1.54) is 44.7 Å². The van der Waals surface area contributed by atoms with Gasteiger partial charge in [-0.3, -0.25) is 0 Å². The number of nitrogens with one attached hydrogen (secondary N) is 1. The van der Waals surface area contributed by atoms with Crippen LogP contribution in [0.1, 0.15) is 12.0 Å². The molecule has 0 saturated carbocycles. The minimum absolute atomic E-state index is 1.20. The monoisotopic (exact) mass is 192 g/mol. The summed E-state index contributed by atoms with van der Waals surface area (Å²) >= 11 is 0. The van der Waals surface area contributed by atoms with Gasteiger partial charge in [-0.15, -0.1) is 0 Å². The van der Waals surface area contributed by atoms with Gasteiger partial charge < -0.3 is 10.2 Å². The molecule has 0 radical (unpaired) electrons. The molecular formula is C12H20N2+2. The van der Waals surface area contributed by atoms with Gasteiger partial charge in [-0.1, -0.05) is 30.3 Å². The average Bonchev–Trinajstić information content (AvgIpc) is 2.48. The molecule has 1 atom stereocenters. The smallest absolute Gasteiger partial charge is 0.127 e. The zero-order valence-corrected chi connectivity index (χ0v) is 8.71. The SMILES string of the molecule is c1ccc(C[NH+]2CCC[NH2+]CC2)cc1. The number of benzene rings is 1. The van der Waals surface area contributed by atoms with Crippen molar-refractivity contribution in [2.45, 2.75) is 13.0 Å². The lowest BCUT2D eigenvalue weighted by Crippen LogP contribution is -3.12. The van der Waals surface area contributed by atoms with E-state index in [1.54, 1.807) is 4.90 Å². The Labute approximate surface area is 85.9 Å². The van der Waals surface area contributed by atoms with Gasteiger partial charge in [-0.25, -0.2) is 0 Å². The summed E-state index contributed by atoms with van der Waals surface area (Å²) in [5, 5.41) is 2.44. The lowest BCUT2D eigenvalue weighted by atomic mass is 10.2. The first-order valence-electron chi connectivity index (χ1n) is 5.64. The Hall–Kier alpha value is -0.860. The average molecular weight is 192 g/mol. The summed E-state index contributed by atoms with van der Waals surface area (Å²) in [5.74, 6) is 0. The van der Waals surface area contributed by atoms with E-state index in [0.717, 1.165) is 0 Å². The summed E-state index contributed by atoms with van der Waals surface area (Å²) in [6.07, 6.45) is 1.36. The maximum Gasteiger partial charge on any atom is 0.127 e. The molecule has 1 aromatic carbocycles. The quantitative estimate of drug-likeness (QED) is 0.602. The number of hydrogen-bond acceptors (Lipinski definition) is 0. The molecule has 1 heterocycles. The highest BCUT2D eigenvalue weighted by Crippen LogP contribution is 1.95.